The second kappa shape index (κ2) is 6.64. The van der Waals surface area contributed by atoms with Crippen LogP contribution < -0.4 is 4.90 Å². The molecule has 0 radical (unpaired) electrons. The van der Waals surface area contributed by atoms with Crippen LogP contribution in [0.25, 0.3) is 0 Å². The summed E-state index contributed by atoms with van der Waals surface area (Å²) in [4.78, 5) is 15.6. The molecular weight excluding hydrogens is 368 g/mol. The lowest BCUT2D eigenvalue weighted by atomic mass is 9.98. The number of amides is 2. The number of alkyl halides is 1. The van der Waals surface area contributed by atoms with E-state index in [0.29, 0.717) is 11.7 Å². The van der Waals surface area contributed by atoms with Crippen molar-refractivity contribution in [2.75, 3.05) is 18.0 Å². The molecule has 0 aliphatic carbocycles. The van der Waals surface area contributed by atoms with Gasteiger partial charge in [-0.3, -0.25) is 0 Å². The van der Waals surface area contributed by atoms with E-state index in [-0.39, 0.29) is 22.8 Å². The Morgan fingerprint density at radius 2 is 2.18 bits per heavy atom. The maximum absolute atomic E-state index is 12.4. The lowest BCUT2D eigenvalue weighted by Crippen LogP contribution is -2.34. The molecule has 2 atom stereocenters. The van der Waals surface area contributed by atoms with E-state index >= 15 is 0 Å². The Bertz CT molecular complexity index is 567. The van der Waals surface area contributed by atoms with Gasteiger partial charge in [0.1, 0.15) is 5.01 Å². The molecule has 8 heteroatoms. The average molecular weight is 389 g/mol. The summed E-state index contributed by atoms with van der Waals surface area (Å²) >= 11 is 4.76. The van der Waals surface area contributed by atoms with Crippen LogP contribution >= 0.6 is 27.3 Å². The van der Waals surface area contributed by atoms with Gasteiger partial charge in [-0.1, -0.05) is 60.2 Å². The Labute approximate surface area is 143 Å². The molecular formula is C14H21BrN4O2S. The molecule has 122 valence electrons. The van der Waals surface area contributed by atoms with Crippen LogP contribution in [0.15, 0.2) is 12.2 Å². The maximum Gasteiger partial charge on any atom is 0.329 e. The molecule has 2 amide bonds. The molecule has 0 aromatic carbocycles. The third kappa shape index (κ3) is 3.85. The van der Waals surface area contributed by atoms with Gasteiger partial charge in [0.25, 0.3) is 0 Å². The first-order valence-electron chi connectivity index (χ1n) is 7.11. The Hall–Kier alpha value is -0.990. The van der Waals surface area contributed by atoms with Gasteiger partial charge in [-0.25, -0.2) is 9.69 Å². The first-order chi connectivity index (χ1) is 10.2. The minimum atomic E-state index is -0.886. The first-order valence-corrected chi connectivity index (χ1v) is 8.84. The van der Waals surface area contributed by atoms with Gasteiger partial charge in [0.2, 0.25) is 5.13 Å². The Balaban J connectivity index is 2.12. The summed E-state index contributed by atoms with van der Waals surface area (Å²) in [6.45, 7) is 8.85. The summed E-state index contributed by atoms with van der Waals surface area (Å²) < 4.78 is 0. The average Bonchev–Trinajstić information content (AvgIpc) is 2.95. The fourth-order valence-electron chi connectivity index (χ4n) is 1.99. The van der Waals surface area contributed by atoms with Crippen molar-refractivity contribution < 1.29 is 9.90 Å². The molecule has 2 heterocycles. The van der Waals surface area contributed by atoms with Crippen LogP contribution in [-0.2, 0) is 5.41 Å². The van der Waals surface area contributed by atoms with Crippen molar-refractivity contribution >= 4 is 38.4 Å². The normalized spacial score (nSPS) is 21.2. The Kier molecular flexibility index (Phi) is 5.24. The van der Waals surface area contributed by atoms with E-state index in [2.05, 4.69) is 26.1 Å². The van der Waals surface area contributed by atoms with Crippen molar-refractivity contribution in [1.29, 1.82) is 0 Å². The third-order valence-electron chi connectivity index (χ3n) is 3.15. The number of aromatic nitrogens is 2. The molecule has 1 N–H and O–H groups in total. The number of aliphatic hydroxyl groups is 1. The van der Waals surface area contributed by atoms with Gasteiger partial charge < -0.3 is 10.0 Å². The second-order valence-corrected chi connectivity index (χ2v) is 8.68. The third-order valence-corrected chi connectivity index (χ3v) is 4.80. The van der Waals surface area contributed by atoms with Crippen molar-refractivity contribution in [3.05, 3.63) is 17.2 Å². The minimum absolute atomic E-state index is 0.127. The van der Waals surface area contributed by atoms with Crippen LogP contribution in [0, 0.1) is 0 Å². The molecule has 0 bridgehead atoms. The van der Waals surface area contributed by atoms with Gasteiger partial charge in [-0.2, -0.15) is 0 Å². The molecule has 1 aliphatic rings. The molecule has 6 nitrogen and oxygen atoms in total. The fourth-order valence-corrected chi connectivity index (χ4v) is 3.15. The van der Waals surface area contributed by atoms with E-state index in [9.17, 15) is 9.90 Å². The number of aliphatic hydroxyl groups excluding tert-OH is 1. The summed E-state index contributed by atoms with van der Waals surface area (Å²) in [5, 5.41) is 19.7. The van der Waals surface area contributed by atoms with Crippen molar-refractivity contribution in [3.63, 3.8) is 0 Å². The summed E-state index contributed by atoms with van der Waals surface area (Å²) in [7, 11) is 0. The number of nitrogens with zero attached hydrogens (tertiary/aromatic N) is 4. The van der Waals surface area contributed by atoms with E-state index in [1.165, 1.54) is 16.2 Å². The van der Waals surface area contributed by atoms with Crippen LogP contribution in [0.3, 0.4) is 0 Å². The Morgan fingerprint density at radius 1 is 1.50 bits per heavy atom. The molecule has 0 saturated carbocycles. The molecule has 0 spiro atoms. The molecule has 2 unspecified atom stereocenters. The fraction of sp³-hybridized carbons (Fsp3) is 0.643. The highest BCUT2D eigenvalue weighted by Crippen LogP contribution is 2.32. The molecule has 22 heavy (non-hydrogen) atoms. The highest BCUT2D eigenvalue weighted by molar-refractivity contribution is 9.09. The van der Waals surface area contributed by atoms with Crippen LogP contribution in [0.4, 0.5) is 9.93 Å². The van der Waals surface area contributed by atoms with Crippen LogP contribution in [-0.4, -0.2) is 50.4 Å². The second-order valence-electron chi connectivity index (χ2n) is 6.28. The smallest absolute Gasteiger partial charge is 0.329 e. The highest BCUT2D eigenvalue weighted by Gasteiger charge is 2.39. The molecule has 1 fully saturated rings. The van der Waals surface area contributed by atoms with Crippen molar-refractivity contribution in [2.24, 2.45) is 0 Å². The topological polar surface area (TPSA) is 69.6 Å². The number of halogens is 1. The number of rotatable bonds is 4. The van der Waals surface area contributed by atoms with Gasteiger partial charge >= 0.3 is 6.03 Å². The lowest BCUT2D eigenvalue weighted by Gasteiger charge is -2.16. The van der Waals surface area contributed by atoms with Gasteiger partial charge in [-0.15, -0.1) is 10.2 Å². The zero-order valence-corrected chi connectivity index (χ0v) is 15.6. The van der Waals surface area contributed by atoms with Crippen LogP contribution in [0.2, 0.25) is 0 Å². The Morgan fingerprint density at radius 3 is 2.73 bits per heavy atom. The first kappa shape index (κ1) is 17.4. The van der Waals surface area contributed by atoms with Gasteiger partial charge in [0, 0.05) is 16.8 Å². The molecule has 1 aromatic rings. The number of anilines is 1. The minimum Gasteiger partial charge on any atom is -0.371 e. The van der Waals surface area contributed by atoms with Gasteiger partial charge in [0.05, 0.1) is 6.54 Å². The predicted octanol–water partition coefficient (Wildman–Crippen LogP) is 2.74. The van der Waals surface area contributed by atoms with Crippen LogP contribution in [0.1, 0.15) is 32.7 Å². The summed E-state index contributed by atoms with van der Waals surface area (Å²) in [5.74, 6) is 0. The number of allylic oxidation sites excluding steroid dienone is 1. The quantitative estimate of drug-likeness (QED) is 0.635. The number of urea groups is 1. The number of hydrogen-bond acceptors (Lipinski definition) is 5. The van der Waals surface area contributed by atoms with Crippen molar-refractivity contribution in [3.8, 4) is 0 Å². The summed E-state index contributed by atoms with van der Waals surface area (Å²) in [5.41, 5.74) is -0.127. The van der Waals surface area contributed by atoms with Crippen molar-refractivity contribution in [1.82, 2.24) is 15.1 Å². The lowest BCUT2D eigenvalue weighted by molar-refractivity contribution is 0.180. The largest absolute Gasteiger partial charge is 0.371 e. The number of β-amino-alcohol motifs (C(OH)–C–C–N with tert-alkyl or cyclic N) is 1. The monoisotopic (exact) mass is 388 g/mol. The maximum atomic E-state index is 12.4. The number of carbonyl (C=O) groups excluding carboxylic acids is 1. The zero-order chi connectivity index (χ0) is 16.5. The molecule has 1 saturated heterocycles. The van der Waals surface area contributed by atoms with E-state index in [4.69, 9.17) is 0 Å². The van der Waals surface area contributed by atoms with Gasteiger partial charge in [0.15, 0.2) is 6.23 Å². The molecule has 2 rings (SSSR count). The van der Waals surface area contributed by atoms with Gasteiger partial charge in [-0.05, 0) is 6.92 Å². The van der Waals surface area contributed by atoms with Crippen LogP contribution in [0.5, 0.6) is 0 Å². The number of hydrogen-bond donors (Lipinski definition) is 1. The highest BCUT2D eigenvalue weighted by atomic mass is 79.9. The SMILES string of the molecule is CC(Br)C=CCN1CC(O)N(c2nnc(C(C)(C)C)s2)C1=O. The molecule has 1 aliphatic heterocycles. The predicted molar refractivity (Wildman–Crippen MR) is 91.6 cm³/mol. The zero-order valence-electron chi connectivity index (χ0n) is 13.2. The number of carbonyl (C=O) groups is 1. The van der Waals surface area contributed by atoms with E-state index in [1.807, 2.05) is 39.8 Å². The summed E-state index contributed by atoms with van der Waals surface area (Å²) in [6, 6.07) is -0.240. The van der Waals surface area contributed by atoms with E-state index < -0.39 is 6.23 Å². The molecule has 1 aromatic heterocycles. The van der Waals surface area contributed by atoms with Crippen molar-refractivity contribution in [2.45, 2.75) is 44.2 Å². The van der Waals surface area contributed by atoms with E-state index in [0.717, 1.165) is 5.01 Å². The standard InChI is InChI=1S/C14H21BrN4O2S/c1-9(15)6-5-7-18-8-10(20)19(13(18)21)12-17-16-11(22-12)14(2,3)4/h5-6,9-10,20H,7-8H2,1-4H3. The van der Waals surface area contributed by atoms with E-state index in [1.54, 1.807) is 4.90 Å². The summed E-state index contributed by atoms with van der Waals surface area (Å²) in [6.07, 6.45) is 2.99.